The molecule has 0 saturated carbocycles. The van der Waals surface area contributed by atoms with Crippen molar-refractivity contribution in [3.05, 3.63) is 66.9 Å². The highest BCUT2D eigenvalue weighted by Crippen LogP contribution is 2.37. The molecule has 0 amide bonds. The van der Waals surface area contributed by atoms with Gasteiger partial charge in [0.2, 0.25) is 0 Å². The van der Waals surface area contributed by atoms with Gasteiger partial charge in [-0.05, 0) is 24.3 Å². The summed E-state index contributed by atoms with van der Waals surface area (Å²) in [5.74, 6) is 0. The van der Waals surface area contributed by atoms with E-state index in [1.54, 1.807) is 30.5 Å². The SMILES string of the molecule is FC(F)(F)c1cc(-c2cccnc2)cnc1-c1cccnc1. The Hall–Kier alpha value is -2.76. The van der Waals surface area contributed by atoms with Crippen LogP contribution in [0.1, 0.15) is 5.56 Å². The lowest BCUT2D eigenvalue weighted by Crippen LogP contribution is -2.09. The van der Waals surface area contributed by atoms with Crippen LogP contribution in [0.3, 0.4) is 0 Å². The molecule has 110 valence electrons. The van der Waals surface area contributed by atoms with Crippen LogP contribution in [0.5, 0.6) is 0 Å². The molecule has 0 aliphatic heterocycles. The van der Waals surface area contributed by atoms with Crippen LogP contribution in [0, 0.1) is 0 Å². The molecule has 0 radical (unpaired) electrons. The van der Waals surface area contributed by atoms with E-state index in [0.717, 1.165) is 6.07 Å². The molecule has 0 fully saturated rings. The van der Waals surface area contributed by atoms with Gasteiger partial charge in [-0.15, -0.1) is 0 Å². The van der Waals surface area contributed by atoms with E-state index in [9.17, 15) is 13.2 Å². The zero-order valence-corrected chi connectivity index (χ0v) is 11.2. The normalized spacial score (nSPS) is 11.4. The highest BCUT2D eigenvalue weighted by molar-refractivity contribution is 5.69. The Morgan fingerprint density at radius 2 is 1.41 bits per heavy atom. The third kappa shape index (κ3) is 2.81. The number of pyridine rings is 3. The lowest BCUT2D eigenvalue weighted by atomic mass is 10.0. The van der Waals surface area contributed by atoms with E-state index in [0.29, 0.717) is 16.7 Å². The summed E-state index contributed by atoms with van der Waals surface area (Å²) in [6.07, 6.45) is 2.83. The fraction of sp³-hybridized carbons (Fsp3) is 0.0625. The Morgan fingerprint density at radius 1 is 0.773 bits per heavy atom. The number of halogens is 3. The summed E-state index contributed by atoms with van der Waals surface area (Å²) in [6.45, 7) is 0. The van der Waals surface area contributed by atoms with Gasteiger partial charge in [0, 0.05) is 47.7 Å². The van der Waals surface area contributed by atoms with Gasteiger partial charge in [-0.25, -0.2) is 0 Å². The number of nitrogens with zero attached hydrogens (tertiary/aromatic N) is 3. The van der Waals surface area contributed by atoms with Crippen molar-refractivity contribution in [1.29, 1.82) is 0 Å². The predicted molar refractivity (Wildman–Crippen MR) is 75.7 cm³/mol. The van der Waals surface area contributed by atoms with Crippen molar-refractivity contribution in [2.75, 3.05) is 0 Å². The molecule has 0 N–H and O–H groups in total. The molecule has 22 heavy (non-hydrogen) atoms. The first-order chi connectivity index (χ1) is 10.6. The molecular formula is C16H10F3N3. The Morgan fingerprint density at radius 3 is 1.95 bits per heavy atom. The lowest BCUT2D eigenvalue weighted by Gasteiger charge is -2.13. The number of alkyl halides is 3. The van der Waals surface area contributed by atoms with Crippen LogP contribution in [-0.2, 0) is 6.18 Å². The topological polar surface area (TPSA) is 38.7 Å². The van der Waals surface area contributed by atoms with Crippen molar-refractivity contribution in [1.82, 2.24) is 15.0 Å². The van der Waals surface area contributed by atoms with Gasteiger partial charge >= 0.3 is 6.18 Å². The minimum atomic E-state index is -4.50. The molecule has 3 rings (SSSR count). The van der Waals surface area contributed by atoms with Gasteiger partial charge in [0.1, 0.15) is 0 Å². The van der Waals surface area contributed by atoms with Crippen molar-refractivity contribution in [2.45, 2.75) is 6.18 Å². The smallest absolute Gasteiger partial charge is 0.264 e. The Bertz CT molecular complexity index is 772. The second-order valence-corrected chi connectivity index (χ2v) is 4.60. The molecule has 0 aliphatic rings. The Labute approximate surface area is 124 Å². The first-order valence-electron chi connectivity index (χ1n) is 6.44. The Kier molecular flexibility index (Phi) is 3.58. The average molecular weight is 301 g/mol. The van der Waals surface area contributed by atoms with Gasteiger partial charge in [0.15, 0.2) is 0 Å². The van der Waals surface area contributed by atoms with E-state index in [-0.39, 0.29) is 5.69 Å². The van der Waals surface area contributed by atoms with Gasteiger partial charge in [-0.1, -0.05) is 6.07 Å². The second kappa shape index (κ2) is 5.55. The number of hydrogen-bond donors (Lipinski definition) is 0. The summed E-state index contributed by atoms with van der Waals surface area (Å²) in [4.78, 5) is 11.8. The van der Waals surface area contributed by atoms with Gasteiger partial charge < -0.3 is 0 Å². The first-order valence-corrected chi connectivity index (χ1v) is 6.44. The van der Waals surface area contributed by atoms with Crippen molar-refractivity contribution in [3.63, 3.8) is 0 Å². The standard InChI is InChI=1S/C16H10F3N3/c17-16(18,19)14-7-13(11-3-1-5-20-8-11)10-22-15(14)12-4-2-6-21-9-12/h1-10H. The third-order valence-corrected chi connectivity index (χ3v) is 3.12. The molecule has 6 heteroatoms. The van der Waals surface area contributed by atoms with E-state index < -0.39 is 11.7 Å². The van der Waals surface area contributed by atoms with Crippen LogP contribution in [0.15, 0.2) is 61.3 Å². The number of hydrogen-bond acceptors (Lipinski definition) is 3. The highest BCUT2D eigenvalue weighted by Gasteiger charge is 2.35. The fourth-order valence-corrected chi connectivity index (χ4v) is 2.11. The predicted octanol–water partition coefficient (Wildman–Crippen LogP) is 4.22. The van der Waals surface area contributed by atoms with E-state index in [1.807, 2.05) is 0 Å². The molecule has 0 unspecified atom stereocenters. The maximum atomic E-state index is 13.4. The van der Waals surface area contributed by atoms with Crippen molar-refractivity contribution < 1.29 is 13.2 Å². The molecule has 3 aromatic heterocycles. The summed E-state index contributed by atoms with van der Waals surface area (Å²) in [5, 5.41) is 0. The molecule has 3 nitrogen and oxygen atoms in total. The molecule has 0 aromatic carbocycles. The van der Waals surface area contributed by atoms with Gasteiger partial charge in [-0.3, -0.25) is 15.0 Å². The highest BCUT2D eigenvalue weighted by atomic mass is 19.4. The molecular weight excluding hydrogens is 291 g/mol. The van der Waals surface area contributed by atoms with Crippen LogP contribution in [0.25, 0.3) is 22.4 Å². The average Bonchev–Trinajstić information content (AvgIpc) is 2.55. The van der Waals surface area contributed by atoms with Crippen molar-refractivity contribution in [2.24, 2.45) is 0 Å². The number of rotatable bonds is 2. The summed E-state index contributed by atoms with van der Waals surface area (Å²) in [6, 6.07) is 7.57. The molecule has 0 bridgehead atoms. The van der Waals surface area contributed by atoms with Gasteiger partial charge in [0.05, 0.1) is 11.3 Å². The second-order valence-electron chi connectivity index (χ2n) is 4.60. The van der Waals surface area contributed by atoms with Gasteiger partial charge in [-0.2, -0.15) is 13.2 Å². The maximum Gasteiger partial charge on any atom is 0.418 e. The molecule has 0 saturated heterocycles. The monoisotopic (exact) mass is 301 g/mol. The number of aromatic nitrogens is 3. The van der Waals surface area contributed by atoms with E-state index >= 15 is 0 Å². The van der Waals surface area contributed by atoms with Gasteiger partial charge in [0.25, 0.3) is 0 Å². The fourth-order valence-electron chi connectivity index (χ4n) is 2.11. The Balaban J connectivity index is 2.17. The molecule has 0 spiro atoms. The quantitative estimate of drug-likeness (QED) is 0.711. The zero-order valence-electron chi connectivity index (χ0n) is 11.2. The molecule has 0 aliphatic carbocycles. The van der Waals surface area contributed by atoms with E-state index in [2.05, 4.69) is 15.0 Å². The molecule has 3 aromatic rings. The molecule has 0 atom stereocenters. The van der Waals surface area contributed by atoms with Crippen LogP contribution in [-0.4, -0.2) is 15.0 Å². The third-order valence-electron chi connectivity index (χ3n) is 3.12. The minimum Gasteiger partial charge on any atom is -0.264 e. The summed E-state index contributed by atoms with van der Waals surface area (Å²) in [5.41, 5.74) is 0.356. The summed E-state index contributed by atoms with van der Waals surface area (Å²) < 4.78 is 40.1. The van der Waals surface area contributed by atoms with Crippen LogP contribution >= 0.6 is 0 Å². The van der Waals surface area contributed by atoms with Crippen LogP contribution in [0.4, 0.5) is 13.2 Å². The van der Waals surface area contributed by atoms with E-state index in [4.69, 9.17) is 0 Å². The molecule has 3 heterocycles. The van der Waals surface area contributed by atoms with Crippen LogP contribution in [0.2, 0.25) is 0 Å². The summed E-state index contributed by atoms with van der Waals surface area (Å²) >= 11 is 0. The maximum absolute atomic E-state index is 13.4. The summed E-state index contributed by atoms with van der Waals surface area (Å²) in [7, 11) is 0. The lowest BCUT2D eigenvalue weighted by molar-refractivity contribution is -0.137. The zero-order chi connectivity index (χ0) is 15.6. The minimum absolute atomic E-state index is 0.131. The van der Waals surface area contributed by atoms with Crippen LogP contribution < -0.4 is 0 Å². The largest absolute Gasteiger partial charge is 0.418 e. The van der Waals surface area contributed by atoms with Crippen molar-refractivity contribution in [3.8, 4) is 22.4 Å². The first kappa shape index (κ1) is 14.2. The van der Waals surface area contributed by atoms with E-state index in [1.165, 1.54) is 24.8 Å². The van der Waals surface area contributed by atoms with Crippen molar-refractivity contribution >= 4 is 0 Å².